The Morgan fingerprint density at radius 1 is 1.39 bits per heavy atom. The lowest BCUT2D eigenvalue weighted by Crippen LogP contribution is -2.32. The maximum atomic E-state index is 13.5. The number of sulfonamides is 1. The van der Waals surface area contributed by atoms with Crippen LogP contribution < -0.4 is 0 Å². The number of aromatic nitrogens is 1. The Kier molecular flexibility index (Phi) is 3.99. The first-order valence-corrected chi connectivity index (χ1v) is 8.63. The number of aliphatic hydroxyl groups is 1. The van der Waals surface area contributed by atoms with Crippen molar-refractivity contribution in [2.45, 2.75) is 37.3 Å². The lowest BCUT2D eigenvalue weighted by Gasteiger charge is -2.24. The number of aliphatic hydroxyl groups excluding tert-OH is 1. The predicted octanol–water partition coefficient (Wildman–Crippen LogP) is 1.93. The van der Waals surface area contributed by atoms with Crippen LogP contribution in [0.5, 0.6) is 0 Å². The van der Waals surface area contributed by atoms with Gasteiger partial charge in [-0.05, 0) is 38.0 Å². The zero-order valence-corrected chi connectivity index (χ0v) is 13.5. The van der Waals surface area contributed by atoms with Crippen LogP contribution in [0.1, 0.15) is 29.5 Å². The molecule has 0 amide bonds. The van der Waals surface area contributed by atoms with Gasteiger partial charge in [0, 0.05) is 6.54 Å². The third-order valence-corrected chi connectivity index (χ3v) is 6.12. The van der Waals surface area contributed by atoms with Crippen molar-refractivity contribution in [3.63, 3.8) is 0 Å². The van der Waals surface area contributed by atoms with Crippen LogP contribution in [0.4, 0.5) is 4.39 Å². The van der Waals surface area contributed by atoms with Crippen LogP contribution in [-0.2, 0) is 10.0 Å². The number of benzene rings is 1. The van der Waals surface area contributed by atoms with E-state index < -0.39 is 28.0 Å². The molecule has 124 valence electrons. The van der Waals surface area contributed by atoms with E-state index in [0.717, 1.165) is 0 Å². The minimum absolute atomic E-state index is 0.00741. The quantitative estimate of drug-likeness (QED) is 0.923. The van der Waals surface area contributed by atoms with Crippen LogP contribution in [0.25, 0.3) is 0 Å². The molecule has 0 radical (unpaired) electrons. The molecule has 0 spiro atoms. The average molecular weight is 340 g/mol. The van der Waals surface area contributed by atoms with Crippen molar-refractivity contribution in [3.05, 3.63) is 47.1 Å². The van der Waals surface area contributed by atoms with E-state index in [1.807, 2.05) is 0 Å². The van der Waals surface area contributed by atoms with Gasteiger partial charge in [0.1, 0.15) is 16.4 Å². The molecule has 0 aliphatic carbocycles. The Bertz CT molecular complexity index is 814. The maximum absolute atomic E-state index is 13.5. The molecule has 1 saturated heterocycles. The summed E-state index contributed by atoms with van der Waals surface area (Å²) in [6, 6.07) is 5.14. The van der Waals surface area contributed by atoms with Gasteiger partial charge in [-0.1, -0.05) is 17.3 Å². The Morgan fingerprint density at radius 3 is 2.74 bits per heavy atom. The summed E-state index contributed by atoms with van der Waals surface area (Å²) >= 11 is 0. The normalized spacial score (nSPS) is 22.6. The molecule has 1 aliphatic rings. The Hall–Kier alpha value is -1.77. The number of halogens is 1. The van der Waals surface area contributed by atoms with E-state index in [1.54, 1.807) is 13.0 Å². The van der Waals surface area contributed by atoms with Gasteiger partial charge in [0.2, 0.25) is 10.0 Å². The zero-order chi connectivity index (χ0) is 16.8. The van der Waals surface area contributed by atoms with Crippen molar-refractivity contribution >= 4 is 10.0 Å². The van der Waals surface area contributed by atoms with Crippen molar-refractivity contribution in [3.8, 4) is 0 Å². The first kappa shape index (κ1) is 16.1. The van der Waals surface area contributed by atoms with Gasteiger partial charge >= 0.3 is 0 Å². The molecule has 0 bridgehead atoms. The van der Waals surface area contributed by atoms with Crippen LogP contribution in [0.2, 0.25) is 0 Å². The third kappa shape index (κ3) is 2.77. The first-order chi connectivity index (χ1) is 10.8. The fourth-order valence-corrected chi connectivity index (χ4v) is 4.98. The van der Waals surface area contributed by atoms with E-state index in [2.05, 4.69) is 5.16 Å². The molecule has 0 saturated carbocycles. The second-order valence-electron chi connectivity index (χ2n) is 5.69. The van der Waals surface area contributed by atoms with Gasteiger partial charge < -0.3 is 9.63 Å². The Labute approximate surface area is 133 Å². The summed E-state index contributed by atoms with van der Waals surface area (Å²) in [5.74, 6) is -0.250. The van der Waals surface area contributed by atoms with Crippen LogP contribution in [0, 0.1) is 19.7 Å². The van der Waals surface area contributed by atoms with E-state index in [-0.39, 0.29) is 29.3 Å². The van der Waals surface area contributed by atoms with E-state index in [4.69, 9.17) is 4.52 Å². The highest BCUT2D eigenvalue weighted by molar-refractivity contribution is 7.89. The Balaban J connectivity index is 2.06. The van der Waals surface area contributed by atoms with Crippen LogP contribution in [0.15, 0.2) is 33.7 Å². The van der Waals surface area contributed by atoms with Gasteiger partial charge in [0.15, 0.2) is 5.76 Å². The molecular weight excluding hydrogens is 323 g/mol. The molecule has 1 aromatic heterocycles. The van der Waals surface area contributed by atoms with Crippen molar-refractivity contribution in [2.24, 2.45) is 0 Å². The highest BCUT2D eigenvalue weighted by Crippen LogP contribution is 2.38. The molecule has 1 fully saturated rings. The molecule has 2 atom stereocenters. The topological polar surface area (TPSA) is 83.6 Å². The van der Waals surface area contributed by atoms with Gasteiger partial charge in [-0.15, -0.1) is 0 Å². The zero-order valence-electron chi connectivity index (χ0n) is 12.7. The summed E-state index contributed by atoms with van der Waals surface area (Å²) in [5, 5.41) is 13.6. The first-order valence-electron chi connectivity index (χ1n) is 7.19. The summed E-state index contributed by atoms with van der Waals surface area (Å²) in [5.41, 5.74) is 0.777. The number of nitrogens with zero attached hydrogens (tertiary/aromatic N) is 2. The van der Waals surface area contributed by atoms with Crippen molar-refractivity contribution in [2.75, 3.05) is 6.54 Å². The fourth-order valence-electron chi connectivity index (χ4n) is 3.03. The molecule has 2 aromatic rings. The van der Waals surface area contributed by atoms with Gasteiger partial charge in [-0.3, -0.25) is 0 Å². The lowest BCUT2D eigenvalue weighted by molar-refractivity contribution is 0.188. The number of hydrogen-bond acceptors (Lipinski definition) is 5. The summed E-state index contributed by atoms with van der Waals surface area (Å²) in [7, 11) is -3.91. The highest BCUT2D eigenvalue weighted by atomic mass is 32.2. The van der Waals surface area contributed by atoms with Crippen LogP contribution >= 0.6 is 0 Å². The molecule has 3 rings (SSSR count). The number of rotatable bonds is 3. The number of β-amino-alcohol motifs (C(OH)–C–C–N with tert-alkyl or cyclic N) is 1. The van der Waals surface area contributed by atoms with Gasteiger partial charge in [-0.2, -0.15) is 4.31 Å². The van der Waals surface area contributed by atoms with Crippen LogP contribution in [0.3, 0.4) is 0 Å². The summed E-state index contributed by atoms with van der Waals surface area (Å²) in [6.07, 6.45) is -0.593. The summed E-state index contributed by atoms with van der Waals surface area (Å²) in [4.78, 5) is 0.00741. The molecule has 0 unspecified atom stereocenters. The second kappa shape index (κ2) is 5.70. The molecule has 8 heteroatoms. The lowest BCUT2D eigenvalue weighted by atomic mass is 10.0. The van der Waals surface area contributed by atoms with Crippen molar-refractivity contribution in [1.29, 1.82) is 0 Å². The predicted molar refractivity (Wildman–Crippen MR) is 79.6 cm³/mol. The summed E-state index contributed by atoms with van der Waals surface area (Å²) in [6.45, 7) is 3.03. The SMILES string of the molecule is Cc1noc(C)c1S(=O)(=O)N1C[C@H](O)C[C@@H]1c1cccc(F)c1. The summed E-state index contributed by atoms with van der Waals surface area (Å²) < 4.78 is 45.6. The molecule has 1 N–H and O–H groups in total. The smallest absolute Gasteiger partial charge is 0.249 e. The minimum atomic E-state index is -3.91. The number of hydrogen-bond donors (Lipinski definition) is 1. The Morgan fingerprint density at radius 2 is 2.13 bits per heavy atom. The van der Waals surface area contributed by atoms with E-state index in [0.29, 0.717) is 5.56 Å². The van der Waals surface area contributed by atoms with E-state index >= 15 is 0 Å². The molecule has 1 aliphatic heterocycles. The molecule has 1 aromatic carbocycles. The molecule has 6 nitrogen and oxygen atoms in total. The van der Waals surface area contributed by atoms with Crippen LogP contribution in [-0.4, -0.2) is 35.6 Å². The van der Waals surface area contributed by atoms with E-state index in [1.165, 1.54) is 29.4 Å². The highest BCUT2D eigenvalue weighted by Gasteiger charge is 2.42. The second-order valence-corrected chi connectivity index (χ2v) is 7.52. The van der Waals surface area contributed by atoms with Gasteiger partial charge in [0.05, 0.1) is 12.1 Å². The van der Waals surface area contributed by atoms with E-state index in [9.17, 15) is 17.9 Å². The van der Waals surface area contributed by atoms with Gasteiger partial charge in [-0.25, -0.2) is 12.8 Å². The average Bonchev–Trinajstić information content (AvgIpc) is 3.03. The molecular formula is C15H17FN2O4S. The van der Waals surface area contributed by atoms with Crippen molar-refractivity contribution < 1.29 is 22.4 Å². The minimum Gasteiger partial charge on any atom is -0.392 e. The standard InChI is InChI=1S/C15H17FN2O4S/c1-9-15(10(2)22-17-9)23(20,21)18-8-13(19)7-14(18)11-4-3-5-12(16)6-11/h3-6,13-14,19H,7-8H2,1-2H3/t13-,14-/m1/s1. The monoisotopic (exact) mass is 340 g/mol. The third-order valence-electron chi connectivity index (χ3n) is 4.00. The number of aryl methyl sites for hydroxylation is 2. The maximum Gasteiger partial charge on any atom is 0.249 e. The van der Waals surface area contributed by atoms with Crippen molar-refractivity contribution in [1.82, 2.24) is 9.46 Å². The van der Waals surface area contributed by atoms with Gasteiger partial charge in [0.25, 0.3) is 0 Å². The fraction of sp³-hybridized carbons (Fsp3) is 0.400. The molecule has 2 heterocycles. The molecule has 23 heavy (non-hydrogen) atoms. The largest absolute Gasteiger partial charge is 0.392 e.